The van der Waals surface area contributed by atoms with Gasteiger partial charge >= 0.3 is 6.09 Å². The number of ether oxygens (including phenoxy) is 1. The highest BCUT2D eigenvalue weighted by atomic mass is 16.6. The molecule has 0 unspecified atom stereocenters. The van der Waals surface area contributed by atoms with Gasteiger partial charge in [0.25, 0.3) is 5.91 Å². The average molecular weight is 322 g/mol. The van der Waals surface area contributed by atoms with Gasteiger partial charge in [0.15, 0.2) is 5.69 Å². The van der Waals surface area contributed by atoms with Crippen LogP contribution in [0.3, 0.4) is 0 Å². The molecule has 7 nitrogen and oxygen atoms in total. The minimum atomic E-state index is -0.519. The summed E-state index contributed by atoms with van der Waals surface area (Å²) in [4.78, 5) is 28.0. The summed E-state index contributed by atoms with van der Waals surface area (Å²) >= 11 is 0. The number of aromatic amines is 1. The molecule has 1 aromatic heterocycles. The number of nitrogens with zero attached hydrogens (tertiary/aromatic N) is 3. The second-order valence-corrected chi connectivity index (χ2v) is 6.66. The lowest BCUT2D eigenvalue weighted by molar-refractivity contribution is 0.0221. The molecule has 2 rings (SSSR count). The molecule has 1 aromatic rings. The van der Waals surface area contributed by atoms with Crippen molar-refractivity contribution in [3.63, 3.8) is 0 Å². The van der Waals surface area contributed by atoms with E-state index in [-0.39, 0.29) is 12.0 Å². The molecule has 0 spiro atoms. The third-order valence-electron chi connectivity index (χ3n) is 3.84. The zero-order valence-electron chi connectivity index (χ0n) is 14.6. The van der Waals surface area contributed by atoms with Crippen LogP contribution in [0.25, 0.3) is 0 Å². The number of hydrogen-bond donors (Lipinski definition) is 1. The number of aromatic nitrogens is 2. The van der Waals surface area contributed by atoms with E-state index in [1.807, 2.05) is 34.6 Å². The molecule has 0 aromatic carbocycles. The van der Waals surface area contributed by atoms with Crippen molar-refractivity contribution in [2.45, 2.75) is 53.2 Å². The Morgan fingerprint density at radius 3 is 2.52 bits per heavy atom. The first-order valence-electron chi connectivity index (χ1n) is 8.10. The van der Waals surface area contributed by atoms with Crippen molar-refractivity contribution in [1.82, 2.24) is 20.0 Å². The zero-order valence-corrected chi connectivity index (χ0v) is 14.6. The number of H-pyrrole nitrogens is 1. The summed E-state index contributed by atoms with van der Waals surface area (Å²) in [5.41, 5.74) is 1.70. The van der Waals surface area contributed by atoms with Crippen LogP contribution in [0.1, 0.15) is 56.4 Å². The van der Waals surface area contributed by atoms with Gasteiger partial charge in [-0.1, -0.05) is 0 Å². The molecule has 7 heteroatoms. The van der Waals surface area contributed by atoms with Gasteiger partial charge in [-0.2, -0.15) is 5.10 Å². The maximum absolute atomic E-state index is 12.5. The first kappa shape index (κ1) is 17.3. The smallest absolute Gasteiger partial charge is 0.410 e. The van der Waals surface area contributed by atoms with E-state index in [4.69, 9.17) is 4.74 Å². The van der Waals surface area contributed by atoms with Crippen molar-refractivity contribution in [3.05, 3.63) is 17.0 Å². The molecule has 0 atom stereocenters. The fraction of sp³-hybridized carbons (Fsp3) is 0.688. The normalized spacial score (nSPS) is 14.4. The van der Waals surface area contributed by atoms with Crippen molar-refractivity contribution in [3.8, 4) is 0 Å². The van der Waals surface area contributed by atoms with Crippen molar-refractivity contribution < 1.29 is 14.3 Å². The maximum atomic E-state index is 12.5. The molecule has 0 radical (unpaired) electrons. The Labute approximate surface area is 137 Å². The summed E-state index contributed by atoms with van der Waals surface area (Å²) in [6.07, 6.45) is 0.266. The maximum Gasteiger partial charge on any atom is 0.410 e. The SMILES string of the molecule is CCN(CC)C(=O)c1n[nH]c2c1CCN(C(=O)OC(C)(C)C)C2. The highest BCUT2D eigenvalue weighted by Crippen LogP contribution is 2.23. The van der Waals surface area contributed by atoms with Gasteiger partial charge in [0.2, 0.25) is 0 Å². The Morgan fingerprint density at radius 1 is 1.30 bits per heavy atom. The summed E-state index contributed by atoms with van der Waals surface area (Å²) < 4.78 is 5.40. The molecular weight excluding hydrogens is 296 g/mol. The number of nitrogens with one attached hydrogen (secondary N) is 1. The van der Waals surface area contributed by atoms with Crippen LogP contribution in [0.15, 0.2) is 0 Å². The van der Waals surface area contributed by atoms with Crippen LogP contribution in [-0.2, 0) is 17.7 Å². The van der Waals surface area contributed by atoms with E-state index in [9.17, 15) is 9.59 Å². The highest BCUT2D eigenvalue weighted by Gasteiger charge is 2.30. The van der Waals surface area contributed by atoms with Crippen molar-refractivity contribution in [2.24, 2.45) is 0 Å². The third-order valence-corrected chi connectivity index (χ3v) is 3.84. The zero-order chi connectivity index (χ0) is 17.2. The predicted octanol–water partition coefficient (Wildman–Crippen LogP) is 2.18. The average Bonchev–Trinajstić information content (AvgIpc) is 2.89. The van der Waals surface area contributed by atoms with Gasteiger partial charge in [-0.15, -0.1) is 0 Å². The summed E-state index contributed by atoms with van der Waals surface area (Å²) in [6.45, 7) is 11.7. The summed E-state index contributed by atoms with van der Waals surface area (Å²) in [6, 6.07) is 0. The molecule has 2 heterocycles. The third kappa shape index (κ3) is 3.83. The quantitative estimate of drug-likeness (QED) is 0.925. The van der Waals surface area contributed by atoms with E-state index in [0.29, 0.717) is 38.3 Å². The number of hydrogen-bond acceptors (Lipinski definition) is 4. The number of amides is 2. The summed E-state index contributed by atoms with van der Waals surface area (Å²) in [5.74, 6) is -0.0572. The lowest BCUT2D eigenvalue weighted by Crippen LogP contribution is -2.40. The summed E-state index contributed by atoms with van der Waals surface area (Å²) in [7, 11) is 0. The van der Waals surface area contributed by atoms with Gasteiger partial charge in [0.05, 0.1) is 12.2 Å². The lowest BCUT2D eigenvalue weighted by atomic mass is 10.0. The van der Waals surface area contributed by atoms with Crippen molar-refractivity contribution >= 4 is 12.0 Å². The largest absolute Gasteiger partial charge is 0.444 e. The van der Waals surface area contributed by atoms with E-state index in [1.165, 1.54) is 0 Å². The van der Waals surface area contributed by atoms with Crippen LogP contribution in [0, 0.1) is 0 Å². The predicted molar refractivity (Wildman–Crippen MR) is 86.2 cm³/mol. The van der Waals surface area contributed by atoms with Gasteiger partial charge in [0.1, 0.15) is 5.60 Å². The fourth-order valence-corrected chi connectivity index (χ4v) is 2.64. The molecule has 0 fully saturated rings. The highest BCUT2D eigenvalue weighted by molar-refractivity contribution is 5.94. The van der Waals surface area contributed by atoms with Gasteiger partial charge in [-0.25, -0.2) is 4.79 Å². The number of fused-ring (bicyclic) bond motifs is 1. The van der Waals surface area contributed by atoms with Crippen LogP contribution < -0.4 is 0 Å². The molecule has 23 heavy (non-hydrogen) atoms. The topological polar surface area (TPSA) is 78.5 Å². The first-order chi connectivity index (χ1) is 10.8. The molecule has 0 saturated heterocycles. The molecule has 0 saturated carbocycles. The second-order valence-electron chi connectivity index (χ2n) is 6.66. The van der Waals surface area contributed by atoms with E-state index in [1.54, 1.807) is 9.80 Å². The van der Waals surface area contributed by atoms with Crippen LogP contribution in [0.5, 0.6) is 0 Å². The van der Waals surface area contributed by atoms with Gasteiger partial charge in [-0.05, 0) is 41.0 Å². The molecule has 1 aliphatic heterocycles. The molecule has 1 N–H and O–H groups in total. The Bertz CT molecular complexity index is 585. The summed E-state index contributed by atoms with van der Waals surface area (Å²) in [5, 5.41) is 7.10. The van der Waals surface area contributed by atoms with Gasteiger partial charge < -0.3 is 14.5 Å². The van der Waals surface area contributed by atoms with Crippen molar-refractivity contribution in [1.29, 1.82) is 0 Å². The van der Waals surface area contributed by atoms with Gasteiger partial charge in [0, 0.05) is 25.2 Å². The fourth-order valence-electron chi connectivity index (χ4n) is 2.64. The number of rotatable bonds is 3. The minimum Gasteiger partial charge on any atom is -0.444 e. The number of carbonyl (C=O) groups excluding carboxylic acids is 2. The lowest BCUT2D eigenvalue weighted by Gasteiger charge is -2.30. The Morgan fingerprint density at radius 2 is 1.96 bits per heavy atom. The molecule has 0 bridgehead atoms. The first-order valence-corrected chi connectivity index (χ1v) is 8.10. The van der Waals surface area contributed by atoms with Crippen LogP contribution in [0.4, 0.5) is 4.79 Å². The van der Waals surface area contributed by atoms with Crippen LogP contribution in [-0.4, -0.2) is 57.2 Å². The molecule has 128 valence electrons. The Hall–Kier alpha value is -2.05. The number of carbonyl (C=O) groups is 2. The van der Waals surface area contributed by atoms with Gasteiger partial charge in [-0.3, -0.25) is 9.89 Å². The standard InChI is InChI=1S/C16H26N4O3/c1-6-19(7-2)14(21)13-11-8-9-20(10-12(11)17-18-13)15(22)23-16(3,4)5/h6-10H2,1-5H3,(H,17,18). The minimum absolute atomic E-state index is 0.0572. The van der Waals surface area contributed by atoms with Crippen LogP contribution in [0.2, 0.25) is 0 Å². The van der Waals surface area contributed by atoms with Crippen LogP contribution >= 0.6 is 0 Å². The van der Waals surface area contributed by atoms with E-state index in [0.717, 1.165) is 11.3 Å². The monoisotopic (exact) mass is 322 g/mol. The molecule has 0 aliphatic carbocycles. The second kappa shape index (κ2) is 6.60. The van der Waals surface area contributed by atoms with E-state index in [2.05, 4.69) is 10.2 Å². The Kier molecular flexibility index (Phi) is 4.97. The molecule has 1 aliphatic rings. The van der Waals surface area contributed by atoms with Crippen molar-refractivity contribution in [2.75, 3.05) is 19.6 Å². The van der Waals surface area contributed by atoms with E-state index < -0.39 is 5.60 Å². The molecule has 2 amide bonds. The van der Waals surface area contributed by atoms with E-state index >= 15 is 0 Å². The molecular formula is C16H26N4O3. The Balaban J connectivity index is 2.13.